The third-order valence-electron chi connectivity index (χ3n) is 4.93. The lowest BCUT2D eigenvalue weighted by atomic mass is 10.00. The zero-order valence-corrected chi connectivity index (χ0v) is 15.2. The van der Waals surface area contributed by atoms with E-state index in [1.165, 1.54) is 18.2 Å². The Bertz CT molecular complexity index is 766. The maximum absolute atomic E-state index is 13.8. The number of nitrogens with zero attached hydrogens (tertiary/aromatic N) is 1. The molecule has 3 rings (SSSR count). The van der Waals surface area contributed by atoms with Gasteiger partial charge in [0.1, 0.15) is 11.6 Å². The van der Waals surface area contributed by atoms with E-state index in [9.17, 15) is 13.6 Å². The number of amides is 1. The van der Waals surface area contributed by atoms with Crippen LogP contribution in [0, 0.1) is 11.6 Å². The molecule has 0 saturated carbocycles. The SMILES string of the molecule is N[C@@H](CC(=O)N1CCNC[C@H]1Cc1ccc(F)cc1)Cc1ccccc1F. The molecule has 0 radical (unpaired) electrons. The average Bonchev–Trinajstić information content (AvgIpc) is 2.66. The average molecular weight is 373 g/mol. The lowest BCUT2D eigenvalue weighted by Gasteiger charge is -2.37. The van der Waals surface area contributed by atoms with Crippen LogP contribution < -0.4 is 11.1 Å². The highest BCUT2D eigenvalue weighted by atomic mass is 19.1. The number of hydrogen-bond donors (Lipinski definition) is 2. The number of halogens is 2. The molecule has 1 aliphatic rings. The molecule has 1 heterocycles. The highest BCUT2D eigenvalue weighted by Crippen LogP contribution is 2.15. The molecule has 27 heavy (non-hydrogen) atoms. The normalized spacial score (nSPS) is 18.3. The highest BCUT2D eigenvalue weighted by molar-refractivity contribution is 5.77. The van der Waals surface area contributed by atoms with Crippen LogP contribution in [0.15, 0.2) is 48.5 Å². The smallest absolute Gasteiger partial charge is 0.224 e. The number of benzene rings is 2. The van der Waals surface area contributed by atoms with Crippen LogP contribution in [0.4, 0.5) is 8.78 Å². The molecule has 1 fully saturated rings. The minimum absolute atomic E-state index is 0.00243. The number of piperazine rings is 1. The summed E-state index contributed by atoms with van der Waals surface area (Å²) in [6, 6.07) is 12.4. The van der Waals surface area contributed by atoms with E-state index in [1.807, 2.05) is 4.90 Å². The van der Waals surface area contributed by atoms with Crippen LogP contribution in [0.1, 0.15) is 17.5 Å². The minimum atomic E-state index is -0.434. The molecule has 0 bridgehead atoms. The molecule has 1 saturated heterocycles. The number of rotatable bonds is 6. The van der Waals surface area contributed by atoms with Crippen LogP contribution in [0.3, 0.4) is 0 Å². The van der Waals surface area contributed by atoms with Crippen molar-refractivity contribution in [2.75, 3.05) is 19.6 Å². The molecule has 0 aromatic heterocycles. The largest absolute Gasteiger partial charge is 0.337 e. The number of carbonyl (C=O) groups excluding carboxylic acids is 1. The fourth-order valence-corrected chi connectivity index (χ4v) is 3.52. The van der Waals surface area contributed by atoms with Gasteiger partial charge in [0.05, 0.1) is 0 Å². The Kier molecular flexibility index (Phi) is 6.53. The molecule has 0 aliphatic carbocycles. The van der Waals surface area contributed by atoms with E-state index in [0.717, 1.165) is 12.1 Å². The van der Waals surface area contributed by atoms with E-state index < -0.39 is 6.04 Å². The summed E-state index contributed by atoms with van der Waals surface area (Å²) in [7, 11) is 0. The summed E-state index contributed by atoms with van der Waals surface area (Å²) in [5.41, 5.74) is 7.64. The Morgan fingerprint density at radius 1 is 1.19 bits per heavy atom. The van der Waals surface area contributed by atoms with Crippen molar-refractivity contribution in [3.05, 3.63) is 71.3 Å². The first kappa shape index (κ1) is 19.5. The van der Waals surface area contributed by atoms with E-state index in [0.29, 0.717) is 31.5 Å². The Labute approximate surface area is 158 Å². The second kappa shape index (κ2) is 9.06. The van der Waals surface area contributed by atoms with Gasteiger partial charge in [-0.1, -0.05) is 30.3 Å². The van der Waals surface area contributed by atoms with Crippen LogP contribution in [0.25, 0.3) is 0 Å². The maximum Gasteiger partial charge on any atom is 0.224 e. The topological polar surface area (TPSA) is 58.4 Å². The van der Waals surface area contributed by atoms with Gasteiger partial charge in [0, 0.05) is 38.1 Å². The lowest BCUT2D eigenvalue weighted by Crippen LogP contribution is -2.55. The fraction of sp³-hybridized carbons (Fsp3) is 0.381. The number of carbonyl (C=O) groups is 1. The van der Waals surface area contributed by atoms with Crippen molar-refractivity contribution in [2.45, 2.75) is 31.3 Å². The maximum atomic E-state index is 13.8. The molecule has 2 aromatic rings. The molecule has 0 unspecified atom stereocenters. The molecule has 3 N–H and O–H groups in total. The van der Waals surface area contributed by atoms with E-state index in [4.69, 9.17) is 5.73 Å². The van der Waals surface area contributed by atoms with Gasteiger partial charge in [-0.05, 0) is 42.2 Å². The highest BCUT2D eigenvalue weighted by Gasteiger charge is 2.27. The molecule has 4 nitrogen and oxygen atoms in total. The summed E-state index contributed by atoms with van der Waals surface area (Å²) in [5.74, 6) is -0.586. The molecule has 0 spiro atoms. The van der Waals surface area contributed by atoms with E-state index in [1.54, 1.807) is 30.3 Å². The van der Waals surface area contributed by atoms with Crippen LogP contribution in [-0.4, -0.2) is 42.5 Å². The van der Waals surface area contributed by atoms with Crippen molar-refractivity contribution in [1.82, 2.24) is 10.2 Å². The Balaban J connectivity index is 1.60. The monoisotopic (exact) mass is 373 g/mol. The molecule has 2 aromatic carbocycles. The standard InChI is InChI=1S/C21H25F2N3O/c22-17-7-5-15(6-8-17)11-19-14-25-9-10-26(19)21(27)13-18(24)12-16-3-1-2-4-20(16)23/h1-8,18-19,25H,9-14,24H2/t18-,19-/m1/s1. The third kappa shape index (κ3) is 5.34. The van der Waals surface area contributed by atoms with Gasteiger partial charge >= 0.3 is 0 Å². The summed E-state index contributed by atoms with van der Waals surface area (Å²) < 4.78 is 26.9. The van der Waals surface area contributed by atoms with Crippen molar-refractivity contribution >= 4 is 5.91 Å². The molecule has 1 amide bonds. The summed E-state index contributed by atoms with van der Waals surface area (Å²) in [5, 5.41) is 3.30. The van der Waals surface area contributed by atoms with Crippen molar-refractivity contribution < 1.29 is 13.6 Å². The molecular weight excluding hydrogens is 348 g/mol. The summed E-state index contributed by atoms with van der Waals surface area (Å²) in [6.45, 7) is 2.02. The Morgan fingerprint density at radius 3 is 2.67 bits per heavy atom. The van der Waals surface area contributed by atoms with Crippen molar-refractivity contribution in [3.8, 4) is 0 Å². The van der Waals surface area contributed by atoms with Crippen molar-refractivity contribution in [3.63, 3.8) is 0 Å². The van der Waals surface area contributed by atoms with Gasteiger partial charge < -0.3 is 16.0 Å². The van der Waals surface area contributed by atoms with Gasteiger partial charge in [0.25, 0.3) is 0 Å². The Hall–Kier alpha value is -2.31. The van der Waals surface area contributed by atoms with Crippen LogP contribution in [0.2, 0.25) is 0 Å². The van der Waals surface area contributed by atoms with Crippen LogP contribution in [0.5, 0.6) is 0 Å². The van der Waals surface area contributed by atoms with Crippen molar-refractivity contribution in [2.24, 2.45) is 5.73 Å². The predicted molar refractivity (Wildman–Crippen MR) is 101 cm³/mol. The zero-order chi connectivity index (χ0) is 19.2. The van der Waals surface area contributed by atoms with Crippen LogP contribution in [-0.2, 0) is 17.6 Å². The number of hydrogen-bond acceptors (Lipinski definition) is 3. The molecule has 144 valence electrons. The molecular formula is C21H25F2N3O. The van der Waals surface area contributed by atoms with Gasteiger partial charge in [-0.15, -0.1) is 0 Å². The van der Waals surface area contributed by atoms with E-state index >= 15 is 0 Å². The first-order valence-corrected chi connectivity index (χ1v) is 9.26. The second-order valence-electron chi connectivity index (χ2n) is 7.04. The summed E-state index contributed by atoms with van der Waals surface area (Å²) in [6.07, 6.45) is 1.16. The van der Waals surface area contributed by atoms with E-state index in [2.05, 4.69) is 5.32 Å². The quantitative estimate of drug-likeness (QED) is 0.817. The van der Waals surface area contributed by atoms with E-state index in [-0.39, 0.29) is 30.0 Å². The molecule has 1 aliphatic heterocycles. The first-order chi connectivity index (χ1) is 13.0. The summed E-state index contributed by atoms with van der Waals surface area (Å²) >= 11 is 0. The Morgan fingerprint density at radius 2 is 1.93 bits per heavy atom. The predicted octanol–water partition coefficient (Wildman–Crippen LogP) is 2.27. The zero-order valence-electron chi connectivity index (χ0n) is 15.2. The van der Waals surface area contributed by atoms with Gasteiger partial charge in [-0.3, -0.25) is 4.79 Å². The van der Waals surface area contributed by atoms with Crippen molar-refractivity contribution in [1.29, 1.82) is 0 Å². The fourth-order valence-electron chi connectivity index (χ4n) is 3.52. The summed E-state index contributed by atoms with van der Waals surface area (Å²) in [4.78, 5) is 14.7. The minimum Gasteiger partial charge on any atom is -0.337 e. The molecule has 6 heteroatoms. The van der Waals surface area contributed by atoms with Gasteiger partial charge in [-0.25, -0.2) is 8.78 Å². The first-order valence-electron chi connectivity index (χ1n) is 9.26. The third-order valence-corrected chi connectivity index (χ3v) is 4.93. The number of nitrogens with two attached hydrogens (primary N) is 1. The van der Waals surface area contributed by atoms with Gasteiger partial charge in [-0.2, -0.15) is 0 Å². The molecule has 2 atom stereocenters. The van der Waals surface area contributed by atoms with Gasteiger partial charge in [0.2, 0.25) is 5.91 Å². The van der Waals surface area contributed by atoms with Gasteiger partial charge in [0.15, 0.2) is 0 Å². The number of nitrogens with one attached hydrogen (secondary N) is 1. The van der Waals surface area contributed by atoms with Crippen LogP contribution >= 0.6 is 0 Å². The second-order valence-corrected chi connectivity index (χ2v) is 7.04. The lowest BCUT2D eigenvalue weighted by molar-refractivity contribution is -0.134.